The summed E-state index contributed by atoms with van der Waals surface area (Å²) in [5.41, 5.74) is 1.59. The predicted molar refractivity (Wildman–Crippen MR) is 72.5 cm³/mol. The first-order valence-electron chi connectivity index (χ1n) is 6.55. The van der Waals surface area contributed by atoms with E-state index >= 15 is 0 Å². The van der Waals surface area contributed by atoms with Gasteiger partial charge in [-0.1, -0.05) is 6.07 Å². The minimum atomic E-state index is -0.0938. The Balaban J connectivity index is 1.78. The zero-order valence-electron chi connectivity index (χ0n) is 10.5. The number of rotatable bonds is 2. The molecular formula is C15H15N3O. The van der Waals surface area contributed by atoms with Crippen LogP contribution in [0, 0.1) is 17.2 Å². The number of aromatic nitrogens is 1. The van der Waals surface area contributed by atoms with Crippen LogP contribution in [0.4, 0.5) is 0 Å². The number of carbonyl (C=O) groups excluding carboxylic acids is 1. The van der Waals surface area contributed by atoms with Crippen molar-refractivity contribution in [2.45, 2.75) is 25.3 Å². The van der Waals surface area contributed by atoms with Gasteiger partial charge < -0.3 is 10.3 Å². The quantitative estimate of drug-likeness (QED) is 0.863. The van der Waals surface area contributed by atoms with Crippen molar-refractivity contribution in [2.75, 3.05) is 0 Å². The zero-order chi connectivity index (χ0) is 13.2. The Labute approximate surface area is 111 Å². The second-order valence-electron chi connectivity index (χ2n) is 5.03. The van der Waals surface area contributed by atoms with Gasteiger partial charge in [0.1, 0.15) is 0 Å². The van der Waals surface area contributed by atoms with Crippen LogP contribution in [0.25, 0.3) is 10.9 Å². The molecule has 1 amide bonds. The van der Waals surface area contributed by atoms with Crippen LogP contribution in [0.15, 0.2) is 30.5 Å². The lowest BCUT2D eigenvalue weighted by Crippen LogP contribution is -2.36. The van der Waals surface area contributed by atoms with Gasteiger partial charge in [-0.2, -0.15) is 5.26 Å². The van der Waals surface area contributed by atoms with Crippen molar-refractivity contribution in [2.24, 2.45) is 5.92 Å². The summed E-state index contributed by atoms with van der Waals surface area (Å²) in [6, 6.07) is 9.84. The van der Waals surface area contributed by atoms with Crippen LogP contribution in [0.3, 0.4) is 0 Å². The molecule has 2 N–H and O–H groups in total. The van der Waals surface area contributed by atoms with Gasteiger partial charge in [0.05, 0.1) is 12.0 Å². The molecule has 0 aliphatic heterocycles. The molecule has 2 atom stereocenters. The highest BCUT2D eigenvalue weighted by Gasteiger charge is 2.28. The number of nitrogens with zero attached hydrogens (tertiary/aromatic N) is 1. The van der Waals surface area contributed by atoms with E-state index in [2.05, 4.69) is 16.4 Å². The summed E-state index contributed by atoms with van der Waals surface area (Å²) in [6.45, 7) is 0. The fraction of sp³-hybridized carbons (Fsp3) is 0.333. The summed E-state index contributed by atoms with van der Waals surface area (Å²) in [7, 11) is 0. The molecule has 1 fully saturated rings. The van der Waals surface area contributed by atoms with Crippen LogP contribution in [0.5, 0.6) is 0 Å². The first kappa shape index (κ1) is 11.8. The van der Waals surface area contributed by atoms with Crippen molar-refractivity contribution in [1.29, 1.82) is 5.26 Å². The van der Waals surface area contributed by atoms with Crippen molar-refractivity contribution in [3.63, 3.8) is 0 Å². The fourth-order valence-corrected chi connectivity index (χ4v) is 2.73. The number of nitrogens with one attached hydrogen (secondary N) is 2. The van der Waals surface area contributed by atoms with E-state index in [-0.39, 0.29) is 17.9 Å². The Bertz CT molecular complexity index is 653. The van der Waals surface area contributed by atoms with E-state index in [1.807, 2.05) is 30.5 Å². The molecule has 1 aliphatic rings. The number of nitriles is 1. The lowest BCUT2D eigenvalue weighted by atomic mass is 10.0. The van der Waals surface area contributed by atoms with Gasteiger partial charge in [-0.05, 0) is 42.8 Å². The predicted octanol–water partition coefficient (Wildman–Crippen LogP) is 2.59. The third-order valence-electron chi connectivity index (χ3n) is 3.82. The molecule has 2 aromatic rings. The minimum absolute atomic E-state index is 0.00293. The van der Waals surface area contributed by atoms with Crippen molar-refractivity contribution in [1.82, 2.24) is 10.3 Å². The number of hydrogen-bond acceptors (Lipinski definition) is 2. The van der Waals surface area contributed by atoms with E-state index < -0.39 is 0 Å². The van der Waals surface area contributed by atoms with Crippen LogP contribution in [0.1, 0.15) is 29.6 Å². The number of H-pyrrole nitrogens is 1. The molecular weight excluding hydrogens is 238 g/mol. The molecule has 0 spiro atoms. The van der Waals surface area contributed by atoms with Gasteiger partial charge in [0.25, 0.3) is 5.91 Å². The Hall–Kier alpha value is -2.28. The largest absolute Gasteiger partial charge is 0.361 e. The van der Waals surface area contributed by atoms with E-state index in [0.717, 1.165) is 30.2 Å². The Morgan fingerprint density at radius 1 is 1.37 bits per heavy atom. The van der Waals surface area contributed by atoms with Gasteiger partial charge in [0.15, 0.2) is 0 Å². The molecule has 19 heavy (non-hydrogen) atoms. The average Bonchev–Trinajstić information content (AvgIpc) is 3.05. The van der Waals surface area contributed by atoms with Crippen molar-refractivity contribution >= 4 is 16.8 Å². The zero-order valence-corrected chi connectivity index (χ0v) is 10.5. The van der Waals surface area contributed by atoms with Crippen molar-refractivity contribution < 1.29 is 4.79 Å². The van der Waals surface area contributed by atoms with Crippen molar-refractivity contribution in [3.05, 3.63) is 36.0 Å². The van der Waals surface area contributed by atoms with E-state index in [1.165, 1.54) is 0 Å². The number of amides is 1. The molecule has 1 saturated carbocycles. The Morgan fingerprint density at radius 3 is 3.11 bits per heavy atom. The minimum Gasteiger partial charge on any atom is -0.361 e. The number of aromatic amines is 1. The molecule has 0 bridgehead atoms. The summed E-state index contributed by atoms with van der Waals surface area (Å²) < 4.78 is 0. The first-order chi connectivity index (χ1) is 9.28. The topological polar surface area (TPSA) is 68.7 Å². The summed E-state index contributed by atoms with van der Waals surface area (Å²) in [5.74, 6) is -0.137. The maximum Gasteiger partial charge on any atom is 0.251 e. The first-order valence-corrected chi connectivity index (χ1v) is 6.55. The third-order valence-corrected chi connectivity index (χ3v) is 3.82. The average molecular weight is 253 g/mol. The van der Waals surface area contributed by atoms with Gasteiger partial charge in [-0.3, -0.25) is 4.79 Å². The molecule has 3 rings (SSSR count). The van der Waals surface area contributed by atoms with Gasteiger partial charge in [0, 0.05) is 23.3 Å². The smallest absolute Gasteiger partial charge is 0.251 e. The Morgan fingerprint density at radius 2 is 2.26 bits per heavy atom. The fourth-order valence-electron chi connectivity index (χ4n) is 2.73. The second kappa shape index (κ2) is 4.77. The van der Waals surface area contributed by atoms with E-state index in [9.17, 15) is 4.79 Å². The highest BCUT2D eigenvalue weighted by molar-refractivity contribution is 5.98. The second-order valence-corrected chi connectivity index (χ2v) is 5.03. The van der Waals surface area contributed by atoms with Gasteiger partial charge in [0.2, 0.25) is 0 Å². The molecule has 2 unspecified atom stereocenters. The maximum atomic E-state index is 12.2. The molecule has 1 aliphatic carbocycles. The van der Waals surface area contributed by atoms with Crippen LogP contribution < -0.4 is 5.32 Å². The molecule has 4 heteroatoms. The van der Waals surface area contributed by atoms with E-state index in [0.29, 0.717) is 5.56 Å². The SMILES string of the molecule is N#CC1CCCC1NC(=O)c1ccc2cc[nH]c2c1. The molecule has 4 nitrogen and oxygen atoms in total. The lowest BCUT2D eigenvalue weighted by Gasteiger charge is -2.15. The van der Waals surface area contributed by atoms with Gasteiger partial charge in [-0.15, -0.1) is 0 Å². The molecule has 0 saturated heterocycles. The van der Waals surface area contributed by atoms with Crippen LogP contribution in [-0.4, -0.2) is 16.9 Å². The van der Waals surface area contributed by atoms with E-state index in [1.54, 1.807) is 0 Å². The van der Waals surface area contributed by atoms with Gasteiger partial charge in [-0.25, -0.2) is 0 Å². The van der Waals surface area contributed by atoms with Crippen LogP contribution in [-0.2, 0) is 0 Å². The summed E-state index contributed by atoms with van der Waals surface area (Å²) in [6.07, 6.45) is 4.65. The third kappa shape index (κ3) is 2.19. The normalized spacial score (nSPS) is 22.3. The van der Waals surface area contributed by atoms with Crippen molar-refractivity contribution in [3.8, 4) is 6.07 Å². The highest BCUT2D eigenvalue weighted by Crippen LogP contribution is 2.25. The molecule has 1 heterocycles. The number of benzene rings is 1. The molecule has 1 aromatic heterocycles. The number of hydrogen-bond donors (Lipinski definition) is 2. The molecule has 1 aromatic carbocycles. The Kier molecular flexibility index (Phi) is 2.96. The summed E-state index contributed by atoms with van der Waals surface area (Å²) in [5, 5.41) is 13.1. The van der Waals surface area contributed by atoms with Gasteiger partial charge >= 0.3 is 0 Å². The maximum absolute atomic E-state index is 12.2. The van der Waals surface area contributed by atoms with Crippen LogP contribution >= 0.6 is 0 Å². The molecule has 96 valence electrons. The highest BCUT2D eigenvalue weighted by atomic mass is 16.1. The standard InChI is InChI=1S/C15H15N3O/c16-9-12-2-1-3-13(12)18-15(19)11-5-4-10-6-7-17-14(10)8-11/h4-8,12-13,17H,1-3H2,(H,18,19). The lowest BCUT2D eigenvalue weighted by molar-refractivity contribution is 0.0933. The monoisotopic (exact) mass is 253 g/mol. The van der Waals surface area contributed by atoms with E-state index in [4.69, 9.17) is 5.26 Å². The molecule has 0 radical (unpaired) electrons. The summed E-state index contributed by atoms with van der Waals surface area (Å²) in [4.78, 5) is 15.3. The van der Waals surface area contributed by atoms with Crippen LogP contribution in [0.2, 0.25) is 0 Å². The summed E-state index contributed by atoms with van der Waals surface area (Å²) >= 11 is 0. The number of carbonyl (C=O) groups is 1. The number of fused-ring (bicyclic) bond motifs is 1.